The minimum Gasteiger partial charge on any atom is -0.478 e. The van der Waals surface area contributed by atoms with Crippen molar-refractivity contribution in [3.63, 3.8) is 0 Å². The monoisotopic (exact) mass is 530 g/mol. The highest BCUT2D eigenvalue weighted by Crippen LogP contribution is 2.20. The van der Waals surface area contributed by atoms with E-state index in [1.54, 1.807) is 18.3 Å². The molecule has 8 nitrogen and oxygen atoms in total. The molecule has 3 heterocycles. The Morgan fingerprint density at radius 3 is 1.94 bits per heavy atom. The van der Waals surface area contributed by atoms with Gasteiger partial charge in [-0.2, -0.15) is 37.7 Å². The van der Waals surface area contributed by atoms with Crippen molar-refractivity contribution in [1.29, 1.82) is 0 Å². The second kappa shape index (κ2) is 12.5. The zero-order chi connectivity index (χ0) is 27.0. The zero-order valence-corrected chi connectivity index (χ0v) is 18.8. The smallest absolute Gasteiger partial charge is 0.478 e. The fourth-order valence-electron chi connectivity index (χ4n) is 2.80. The van der Waals surface area contributed by atoms with Gasteiger partial charge in [-0.3, -0.25) is 9.88 Å². The van der Waals surface area contributed by atoms with Crippen molar-refractivity contribution in [2.24, 2.45) is 0 Å². The third-order valence-corrected chi connectivity index (χ3v) is 5.18. The first-order valence-corrected chi connectivity index (χ1v) is 10.5. The summed E-state index contributed by atoms with van der Waals surface area (Å²) in [6.07, 6.45) is -8.41. The van der Waals surface area contributed by atoms with E-state index in [9.17, 15) is 36.2 Å². The molecule has 0 unspecified atom stereocenters. The van der Waals surface area contributed by atoms with Gasteiger partial charge >= 0.3 is 30.3 Å². The largest absolute Gasteiger partial charge is 0.490 e. The number of carboxylic acids is 3. The van der Waals surface area contributed by atoms with Gasteiger partial charge < -0.3 is 15.3 Å². The number of halogens is 6. The number of aryl methyl sites for hydroxylation is 1. The van der Waals surface area contributed by atoms with Gasteiger partial charge in [0.25, 0.3) is 0 Å². The van der Waals surface area contributed by atoms with E-state index in [1.807, 2.05) is 6.07 Å². The van der Waals surface area contributed by atoms with E-state index in [2.05, 4.69) is 26.7 Å². The molecule has 1 aliphatic heterocycles. The van der Waals surface area contributed by atoms with Crippen LogP contribution in [0.15, 0.2) is 22.9 Å². The first-order valence-electron chi connectivity index (χ1n) is 9.58. The van der Waals surface area contributed by atoms with Crippen LogP contribution in [0.25, 0.3) is 0 Å². The summed E-state index contributed by atoms with van der Waals surface area (Å²) in [5.41, 5.74) is 4.45. The summed E-state index contributed by atoms with van der Waals surface area (Å²) < 4.78 is 63.5. The van der Waals surface area contributed by atoms with E-state index >= 15 is 0 Å². The van der Waals surface area contributed by atoms with E-state index in [0.717, 1.165) is 43.7 Å². The summed E-state index contributed by atoms with van der Waals surface area (Å²) in [4.78, 5) is 35.9. The first kappa shape index (κ1) is 29.8. The molecule has 3 rings (SSSR count). The SMILES string of the molecule is Cc1nc2c(cc1C(=O)O)CCN(Cc1ccsc1)CC2.O=C(O)C(F)(F)F.O=C(O)C(F)(F)F. The second-order valence-electron chi connectivity index (χ2n) is 7.05. The molecule has 194 valence electrons. The molecule has 35 heavy (non-hydrogen) atoms. The van der Waals surface area contributed by atoms with Crippen LogP contribution in [-0.2, 0) is 29.0 Å². The number of carbonyl (C=O) groups is 3. The van der Waals surface area contributed by atoms with Crippen LogP contribution >= 0.6 is 11.3 Å². The molecule has 3 N–H and O–H groups in total. The van der Waals surface area contributed by atoms with Crippen LogP contribution in [0.5, 0.6) is 0 Å². The summed E-state index contributed by atoms with van der Waals surface area (Å²) >= 11 is 1.72. The van der Waals surface area contributed by atoms with Gasteiger partial charge in [-0.1, -0.05) is 0 Å². The number of aromatic carboxylic acids is 1. The molecule has 0 radical (unpaired) electrons. The molecule has 0 aliphatic carbocycles. The van der Waals surface area contributed by atoms with E-state index < -0.39 is 30.3 Å². The molecule has 0 spiro atoms. The molecule has 0 fully saturated rings. The highest BCUT2D eigenvalue weighted by atomic mass is 32.1. The van der Waals surface area contributed by atoms with Crippen LogP contribution in [-0.4, -0.2) is 68.6 Å². The van der Waals surface area contributed by atoms with Gasteiger partial charge in [0.2, 0.25) is 0 Å². The summed E-state index contributed by atoms with van der Waals surface area (Å²) in [6.45, 7) is 4.66. The number of aromatic nitrogens is 1. The van der Waals surface area contributed by atoms with Crippen LogP contribution in [0.1, 0.15) is 32.9 Å². The number of nitrogens with zero attached hydrogens (tertiary/aromatic N) is 2. The van der Waals surface area contributed by atoms with Gasteiger partial charge in [0.1, 0.15) is 0 Å². The van der Waals surface area contributed by atoms with Crippen molar-refractivity contribution in [2.45, 2.75) is 38.7 Å². The Kier molecular flexibility index (Phi) is 10.6. The molecule has 0 bridgehead atoms. The van der Waals surface area contributed by atoms with E-state index in [1.165, 1.54) is 5.56 Å². The van der Waals surface area contributed by atoms with Crippen molar-refractivity contribution in [2.75, 3.05) is 13.1 Å². The summed E-state index contributed by atoms with van der Waals surface area (Å²) in [5, 5.41) is 27.7. The van der Waals surface area contributed by atoms with Gasteiger partial charge in [-0.05, 0) is 47.4 Å². The Labute approximate surface area is 198 Å². The maximum absolute atomic E-state index is 11.2. The van der Waals surface area contributed by atoms with Crippen LogP contribution in [0.3, 0.4) is 0 Å². The van der Waals surface area contributed by atoms with Crippen LogP contribution in [0.2, 0.25) is 0 Å². The maximum Gasteiger partial charge on any atom is 0.490 e. The fourth-order valence-corrected chi connectivity index (χ4v) is 3.46. The van der Waals surface area contributed by atoms with E-state index in [4.69, 9.17) is 19.8 Å². The molecule has 1 aliphatic rings. The lowest BCUT2D eigenvalue weighted by atomic mass is 10.0. The first-order chi connectivity index (χ1) is 16.0. The van der Waals surface area contributed by atoms with Gasteiger partial charge in [-0.25, -0.2) is 14.4 Å². The van der Waals surface area contributed by atoms with Crippen LogP contribution in [0.4, 0.5) is 26.3 Å². The van der Waals surface area contributed by atoms with Crippen molar-refractivity contribution in [1.82, 2.24) is 9.88 Å². The number of fused-ring (bicyclic) bond motifs is 1. The molecule has 0 amide bonds. The average molecular weight is 530 g/mol. The van der Waals surface area contributed by atoms with E-state index in [-0.39, 0.29) is 0 Å². The third-order valence-electron chi connectivity index (χ3n) is 4.45. The molecule has 2 aromatic heterocycles. The lowest BCUT2D eigenvalue weighted by Gasteiger charge is -2.18. The van der Waals surface area contributed by atoms with Crippen LogP contribution < -0.4 is 0 Å². The molecule has 0 atom stereocenters. The highest BCUT2D eigenvalue weighted by Gasteiger charge is 2.38. The molecule has 2 aromatic rings. The van der Waals surface area contributed by atoms with E-state index in [0.29, 0.717) is 11.3 Å². The quantitative estimate of drug-likeness (QED) is 0.508. The summed E-state index contributed by atoms with van der Waals surface area (Å²) in [5.74, 6) is -6.40. The van der Waals surface area contributed by atoms with Crippen molar-refractivity contribution >= 4 is 29.2 Å². The number of rotatable bonds is 3. The number of alkyl halides is 6. The minimum absolute atomic E-state index is 0.333. The highest BCUT2D eigenvalue weighted by molar-refractivity contribution is 7.07. The summed E-state index contributed by atoms with van der Waals surface area (Å²) in [6, 6.07) is 3.97. The Morgan fingerprint density at radius 2 is 1.51 bits per heavy atom. The predicted octanol–water partition coefficient (Wildman–Crippen LogP) is 4.02. The Balaban J connectivity index is 0.000000362. The van der Waals surface area contributed by atoms with Gasteiger partial charge in [0.15, 0.2) is 0 Å². The number of hydrogen-bond donors (Lipinski definition) is 3. The molecule has 0 saturated heterocycles. The van der Waals surface area contributed by atoms with Crippen LogP contribution in [0, 0.1) is 6.92 Å². The lowest BCUT2D eigenvalue weighted by molar-refractivity contribution is -0.193. The molecular weight excluding hydrogens is 510 g/mol. The molecule has 0 saturated carbocycles. The van der Waals surface area contributed by atoms with Crippen molar-refractivity contribution < 1.29 is 56.0 Å². The van der Waals surface area contributed by atoms with Gasteiger partial charge in [-0.15, -0.1) is 0 Å². The molecule has 15 heteroatoms. The number of hydrogen-bond acceptors (Lipinski definition) is 6. The van der Waals surface area contributed by atoms with Crippen molar-refractivity contribution in [3.8, 4) is 0 Å². The minimum atomic E-state index is -5.08. The number of pyridine rings is 1. The Morgan fingerprint density at radius 1 is 1.00 bits per heavy atom. The summed E-state index contributed by atoms with van der Waals surface area (Å²) in [7, 11) is 0. The van der Waals surface area contributed by atoms with Gasteiger partial charge in [0.05, 0.1) is 11.3 Å². The Bertz CT molecular complexity index is 1000. The number of thiophene rings is 1. The van der Waals surface area contributed by atoms with Crippen molar-refractivity contribution in [3.05, 3.63) is 51.0 Å². The Hall–Kier alpha value is -3.20. The maximum atomic E-state index is 11.2. The third kappa shape index (κ3) is 10.3. The second-order valence-corrected chi connectivity index (χ2v) is 7.83. The average Bonchev–Trinajstić information content (AvgIpc) is 3.15. The topological polar surface area (TPSA) is 128 Å². The number of carboxylic acid groups (broad SMARTS) is 3. The lowest BCUT2D eigenvalue weighted by Crippen LogP contribution is -2.25. The standard InChI is InChI=1S/C16H18N2O2S.2C2HF3O2/c1-11-14(16(19)20)8-13-2-5-18(6-3-15(13)17-11)9-12-4-7-21-10-12;2*3-2(4,5)1(6)7/h4,7-8,10H,2-3,5-6,9H2,1H3,(H,19,20);2*(H,6,7). The zero-order valence-electron chi connectivity index (χ0n) is 18.0. The fraction of sp³-hybridized carbons (Fsp3) is 0.400. The normalized spacial score (nSPS) is 13.8. The predicted molar refractivity (Wildman–Crippen MR) is 110 cm³/mol. The number of aliphatic carboxylic acids is 2. The molecule has 0 aromatic carbocycles. The molecular formula is C20H20F6N2O6S. The van der Waals surface area contributed by atoms with Gasteiger partial charge in [0, 0.05) is 31.7 Å².